The molecule has 8 heteroatoms. The number of anilines is 1. The second-order valence-electron chi connectivity index (χ2n) is 7.91. The molecule has 0 spiro atoms. The lowest BCUT2D eigenvalue weighted by atomic mass is 9.90. The van der Waals surface area contributed by atoms with Gasteiger partial charge >= 0.3 is 6.03 Å². The number of carbonyl (C=O) groups excluding carboxylic acids is 1. The molecule has 3 N–H and O–H groups in total. The zero-order chi connectivity index (χ0) is 19.3. The minimum atomic E-state index is -0.0863. The molecular formula is C20H29N7O. The van der Waals surface area contributed by atoms with E-state index in [1.807, 2.05) is 31.3 Å². The third-order valence-corrected chi connectivity index (χ3v) is 5.85. The molecule has 1 aromatic heterocycles. The number of carbonyl (C=O) groups is 1. The number of nitrogens with one attached hydrogen (secondary N) is 3. The highest BCUT2D eigenvalue weighted by Gasteiger charge is 2.37. The fourth-order valence-corrected chi connectivity index (χ4v) is 4.35. The largest absolute Gasteiger partial charge is 0.326 e. The van der Waals surface area contributed by atoms with Crippen molar-refractivity contribution in [1.29, 1.82) is 0 Å². The van der Waals surface area contributed by atoms with Gasteiger partial charge in [-0.15, -0.1) is 0 Å². The highest BCUT2D eigenvalue weighted by molar-refractivity contribution is 5.89. The molecule has 2 amide bonds. The Hall–Kier alpha value is -2.45. The second kappa shape index (κ2) is 8.70. The maximum Gasteiger partial charge on any atom is 0.321 e. The van der Waals surface area contributed by atoms with Crippen LogP contribution in [0.25, 0.3) is 0 Å². The number of rotatable bonds is 5. The van der Waals surface area contributed by atoms with Crippen LogP contribution in [0.5, 0.6) is 0 Å². The summed E-state index contributed by atoms with van der Waals surface area (Å²) in [5, 5.41) is 7.14. The van der Waals surface area contributed by atoms with Crippen LogP contribution in [0.2, 0.25) is 0 Å². The number of fused-ring (bicyclic) bond motifs is 1. The first kappa shape index (κ1) is 18.9. The average Bonchev–Trinajstić information content (AvgIpc) is 3.26. The average molecular weight is 384 g/mol. The molecule has 1 aliphatic heterocycles. The number of hydrazine groups is 1. The van der Waals surface area contributed by atoms with E-state index in [0.717, 1.165) is 11.3 Å². The summed E-state index contributed by atoms with van der Waals surface area (Å²) < 4.78 is 1.76. The Morgan fingerprint density at radius 3 is 3.04 bits per heavy atom. The molecule has 1 aliphatic carbocycles. The van der Waals surface area contributed by atoms with Crippen LogP contribution >= 0.6 is 0 Å². The Labute approximate surface area is 165 Å². The molecule has 2 aromatic rings. The topological polar surface area (TPSA) is 87.1 Å². The van der Waals surface area contributed by atoms with Crippen LogP contribution in [0.1, 0.15) is 37.7 Å². The van der Waals surface area contributed by atoms with Crippen molar-refractivity contribution in [2.45, 2.75) is 50.7 Å². The van der Waals surface area contributed by atoms with E-state index in [9.17, 15) is 4.79 Å². The second-order valence-corrected chi connectivity index (χ2v) is 7.91. The van der Waals surface area contributed by atoms with Gasteiger partial charge in [-0.1, -0.05) is 31.4 Å². The molecule has 2 aliphatic rings. The van der Waals surface area contributed by atoms with Gasteiger partial charge in [-0.25, -0.2) is 14.5 Å². The summed E-state index contributed by atoms with van der Waals surface area (Å²) in [6.07, 6.45) is 9.56. The first-order valence-electron chi connectivity index (χ1n) is 10.1. The van der Waals surface area contributed by atoms with E-state index in [-0.39, 0.29) is 6.03 Å². The third kappa shape index (κ3) is 4.51. The van der Waals surface area contributed by atoms with Gasteiger partial charge in [-0.05, 0) is 36.5 Å². The van der Waals surface area contributed by atoms with Gasteiger partial charge in [-0.3, -0.25) is 10.9 Å². The molecule has 0 bridgehead atoms. The summed E-state index contributed by atoms with van der Waals surface area (Å²) in [7, 11) is 1.86. The van der Waals surface area contributed by atoms with Crippen molar-refractivity contribution < 1.29 is 4.79 Å². The number of benzene rings is 1. The normalized spacial score (nSPS) is 24.4. The Morgan fingerprint density at radius 1 is 1.29 bits per heavy atom. The molecule has 8 nitrogen and oxygen atoms in total. The van der Waals surface area contributed by atoms with Crippen molar-refractivity contribution >= 4 is 11.7 Å². The van der Waals surface area contributed by atoms with Crippen molar-refractivity contribution in [2.75, 3.05) is 18.9 Å². The first-order valence-corrected chi connectivity index (χ1v) is 10.1. The predicted molar refractivity (Wildman–Crippen MR) is 108 cm³/mol. The summed E-state index contributed by atoms with van der Waals surface area (Å²) >= 11 is 0. The zero-order valence-electron chi connectivity index (χ0n) is 16.3. The maximum absolute atomic E-state index is 12.7. The molecule has 2 fully saturated rings. The van der Waals surface area contributed by atoms with Crippen LogP contribution in [-0.2, 0) is 6.54 Å². The lowest BCUT2D eigenvalue weighted by Crippen LogP contribution is -2.44. The van der Waals surface area contributed by atoms with Crippen molar-refractivity contribution in [2.24, 2.45) is 5.92 Å². The highest BCUT2D eigenvalue weighted by atomic mass is 16.2. The third-order valence-electron chi connectivity index (χ3n) is 5.85. The summed E-state index contributed by atoms with van der Waals surface area (Å²) in [6, 6.07) is 8.60. The van der Waals surface area contributed by atoms with Gasteiger partial charge in [0.15, 0.2) is 0 Å². The Balaban J connectivity index is 1.33. The smallest absolute Gasteiger partial charge is 0.321 e. The van der Waals surface area contributed by atoms with Gasteiger partial charge in [0, 0.05) is 31.4 Å². The molecule has 0 radical (unpaired) electrons. The molecule has 3 unspecified atom stereocenters. The van der Waals surface area contributed by atoms with E-state index in [2.05, 4.69) is 26.3 Å². The van der Waals surface area contributed by atoms with E-state index in [1.165, 1.54) is 38.4 Å². The van der Waals surface area contributed by atoms with Crippen LogP contribution in [-0.4, -0.2) is 51.4 Å². The number of hydrogen-bond donors (Lipinski definition) is 3. The van der Waals surface area contributed by atoms with Crippen molar-refractivity contribution in [1.82, 2.24) is 30.5 Å². The number of nitrogens with zero attached hydrogens (tertiary/aromatic N) is 4. The number of amides is 2. The van der Waals surface area contributed by atoms with Crippen LogP contribution in [0.4, 0.5) is 10.5 Å². The summed E-state index contributed by atoms with van der Waals surface area (Å²) in [5.41, 5.74) is 8.73. The number of aromatic nitrogens is 3. The van der Waals surface area contributed by atoms with E-state index in [1.54, 1.807) is 15.9 Å². The van der Waals surface area contributed by atoms with E-state index in [0.29, 0.717) is 31.1 Å². The Kier molecular flexibility index (Phi) is 5.87. The Bertz CT molecular complexity index is 779. The summed E-state index contributed by atoms with van der Waals surface area (Å²) in [4.78, 5) is 18.4. The van der Waals surface area contributed by atoms with Gasteiger partial charge in [-0.2, -0.15) is 5.10 Å². The summed E-state index contributed by atoms with van der Waals surface area (Å²) in [6.45, 7) is 1.32. The van der Waals surface area contributed by atoms with E-state index >= 15 is 0 Å². The highest BCUT2D eigenvalue weighted by Crippen LogP contribution is 2.29. The quantitative estimate of drug-likeness (QED) is 0.737. The Morgan fingerprint density at radius 2 is 2.18 bits per heavy atom. The molecule has 4 rings (SSSR count). The van der Waals surface area contributed by atoms with Crippen molar-refractivity contribution in [3.63, 3.8) is 0 Å². The number of urea groups is 1. The van der Waals surface area contributed by atoms with Gasteiger partial charge < -0.3 is 10.2 Å². The lowest BCUT2D eigenvalue weighted by Gasteiger charge is -2.26. The van der Waals surface area contributed by atoms with Crippen LogP contribution in [0.3, 0.4) is 0 Å². The van der Waals surface area contributed by atoms with Gasteiger partial charge in [0.05, 0.1) is 6.54 Å². The number of likely N-dealkylation sites (N-methyl/N-ethyl adjacent to an activating group) is 1. The zero-order valence-corrected chi connectivity index (χ0v) is 16.3. The molecule has 150 valence electrons. The molecule has 1 saturated heterocycles. The molecule has 28 heavy (non-hydrogen) atoms. The van der Waals surface area contributed by atoms with Crippen molar-refractivity contribution in [3.05, 3.63) is 42.5 Å². The fourth-order valence-electron chi connectivity index (χ4n) is 4.35. The van der Waals surface area contributed by atoms with Crippen LogP contribution in [0, 0.1) is 5.92 Å². The van der Waals surface area contributed by atoms with Gasteiger partial charge in [0.1, 0.15) is 12.7 Å². The fraction of sp³-hybridized carbons (Fsp3) is 0.550. The van der Waals surface area contributed by atoms with Crippen LogP contribution < -0.4 is 16.2 Å². The SMILES string of the molecule is CN(CC1NNC2CCCCCC21)C(=O)Nc1cccc(Cn2cncn2)c1. The van der Waals surface area contributed by atoms with Crippen LogP contribution in [0.15, 0.2) is 36.9 Å². The van der Waals surface area contributed by atoms with Gasteiger partial charge in [0.2, 0.25) is 0 Å². The first-order chi connectivity index (χ1) is 13.7. The standard InChI is InChI=1S/C20H29N7O/c1-26(12-19-17-8-3-2-4-9-18(17)24-25-19)20(28)23-16-7-5-6-15(10-16)11-27-14-21-13-22-27/h5-7,10,13-14,17-19,24-25H,2-4,8-9,11-12H2,1H3,(H,23,28). The van der Waals surface area contributed by atoms with Gasteiger partial charge in [0.25, 0.3) is 0 Å². The molecule has 3 atom stereocenters. The molecule has 1 saturated carbocycles. The molecular weight excluding hydrogens is 354 g/mol. The molecule has 1 aromatic carbocycles. The maximum atomic E-state index is 12.7. The lowest BCUT2D eigenvalue weighted by molar-refractivity contribution is 0.212. The van der Waals surface area contributed by atoms with E-state index in [4.69, 9.17) is 0 Å². The van der Waals surface area contributed by atoms with Crippen molar-refractivity contribution in [3.8, 4) is 0 Å². The predicted octanol–water partition coefficient (Wildman–Crippen LogP) is 2.22. The minimum absolute atomic E-state index is 0.0863. The minimum Gasteiger partial charge on any atom is -0.326 e. The number of hydrogen-bond acceptors (Lipinski definition) is 5. The monoisotopic (exact) mass is 383 g/mol. The molecule has 2 heterocycles. The van der Waals surface area contributed by atoms with E-state index < -0.39 is 0 Å². The summed E-state index contributed by atoms with van der Waals surface area (Å²) in [5.74, 6) is 0.601.